The molecule has 0 amide bonds. The van der Waals surface area contributed by atoms with Crippen LogP contribution in [0.4, 0.5) is 0 Å². The van der Waals surface area contributed by atoms with Gasteiger partial charge in [0.05, 0.1) is 0 Å². The number of hydrogen-bond donors (Lipinski definition) is 0. The van der Waals surface area contributed by atoms with Crippen LogP contribution in [0.1, 0.15) is 48.9 Å². The molecular weight excluding hydrogens is 304 g/mol. The molecule has 134 valence electrons. The summed E-state index contributed by atoms with van der Waals surface area (Å²) in [6, 6.07) is 4.67. The fourth-order valence-electron chi connectivity index (χ4n) is 4.06. The van der Waals surface area contributed by atoms with E-state index in [1.54, 1.807) is 5.57 Å². The average molecular weight is 337 g/mol. The zero-order valence-electron chi connectivity index (χ0n) is 16.4. The van der Waals surface area contributed by atoms with Crippen molar-refractivity contribution >= 4 is 5.57 Å². The summed E-state index contributed by atoms with van der Waals surface area (Å²) < 4.78 is 0. The van der Waals surface area contributed by atoms with Crippen molar-refractivity contribution < 1.29 is 0 Å². The van der Waals surface area contributed by atoms with E-state index in [1.807, 2.05) is 0 Å². The van der Waals surface area contributed by atoms with Gasteiger partial charge in [-0.05, 0) is 80.5 Å². The van der Waals surface area contributed by atoms with Crippen molar-refractivity contribution in [1.29, 1.82) is 0 Å². The Labute approximate surface area is 153 Å². The third kappa shape index (κ3) is 4.07. The summed E-state index contributed by atoms with van der Waals surface area (Å²) in [7, 11) is 0. The molecule has 1 saturated heterocycles. The van der Waals surface area contributed by atoms with E-state index >= 15 is 0 Å². The Kier molecular flexibility index (Phi) is 5.48. The van der Waals surface area contributed by atoms with Gasteiger partial charge in [0.1, 0.15) is 0 Å². The number of hydrogen-bond acceptors (Lipinski definition) is 2. The lowest BCUT2D eigenvalue weighted by atomic mass is 9.96. The summed E-state index contributed by atoms with van der Waals surface area (Å²) in [4.78, 5) is 5.17. The highest BCUT2D eigenvalue weighted by atomic mass is 15.3. The zero-order valence-corrected chi connectivity index (χ0v) is 16.4. The third-order valence-electron chi connectivity index (χ3n) is 5.65. The molecule has 1 aromatic rings. The summed E-state index contributed by atoms with van der Waals surface area (Å²) in [5.41, 5.74) is 9.69. The first-order valence-electron chi connectivity index (χ1n) is 9.55. The Balaban J connectivity index is 1.66. The lowest BCUT2D eigenvalue weighted by molar-refractivity contribution is 0.154. The summed E-state index contributed by atoms with van der Waals surface area (Å²) in [6.07, 6.45) is 7.08. The highest BCUT2D eigenvalue weighted by molar-refractivity contribution is 5.65. The van der Waals surface area contributed by atoms with Crippen LogP contribution in [-0.4, -0.2) is 36.0 Å². The minimum Gasteiger partial charge on any atom is -0.369 e. The van der Waals surface area contributed by atoms with Crippen molar-refractivity contribution in [1.82, 2.24) is 9.80 Å². The Morgan fingerprint density at radius 3 is 2.40 bits per heavy atom. The fourth-order valence-corrected chi connectivity index (χ4v) is 4.06. The molecule has 0 radical (unpaired) electrons. The van der Waals surface area contributed by atoms with Crippen molar-refractivity contribution in [2.24, 2.45) is 0 Å². The first-order valence-corrected chi connectivity index (χ1v) is 9.55. The SMILES string of the molecule is C=C(C)c1cc(CN2CCN(C3=C(C)CCC=C3)CC2)c(C)cc1C. The molecule has 0 aromatic heterocycles. The molecule has 2 aliphatic rings. The predicted molar refractivity (Wildman–Crippen MR) is 109 cm³/mol. The second-order valence-corrected chi connectivity index (χ2v) is 7.74. The number of piperazine rings is 1. The van der Waals surface area contributed by atoms with Crippen LogP contribution in [-0.2, 0) is 6.54 Å². The van der Waals surface area contributed by atoms with Gasteiger partial charge in [-0.2, -0.15) is 0 Å². The van der Waals surface area contributed by atoms with Gasteiger partial charge >= 0.3 is 0 Å². The van der Waals surface area contributed by atoms with E-state index < -0.39 is 0 Å². The van der Waals surface area contributed by atoms with Gasteiger partial charge in [-0.15, -0.1) is 0 Å². The molecule has 1 aliphatic carbocycles. The van der Waals surface area contributed by atoms with E-state index in [0.29, 0.717) is 0 Å². The number of rotatable bonds is 4. The monoisotopic (exact) mass is 336 g/mol. The topological polar surface area (TPSA) is 6.48 Å². The van der Waals surface area contributed by atoms with E-state index in [-0.39, 0.29) is 0 Å². The van der Waals surface area contributed by atoms with Crippen molar-refractivity contribution in [3.8, 4) is 0 Å². The molecule has 1 aliphatic heterocycles. The summed E-state index contributed by atoms with van der Waals surface area (Å²) in [5, 5.41) is 0. The fraction of sp³-hybridized carbons (Fsp3) is 0.478. The van der Waals surface area contributed by atoms with Crippen LogP contribution in [0.25, 0.3) is 5.57 Å². The molecule has 0 unspecified atom stereocenters. The molecule has 0 spiro atoms. The summed E-state index contributed by atoms with van der Waals surface area (Å²) >= 11 is 0. The molecule has 0 N–H and O–H groups in total. The van der Waals surface area contributed by atoms with Crippen LogP contribution in [0.15, 0.2) is 42.1 Å². The number of allylic oxidation sites excluding steroid dienone is 4. The van der Waals surface area contributed by atoms with E-state index in [0.717, 1.165) is 38.3 Å². The highest BCUT2D eigenvalue weighted by Gasteiger charge is 2.20. The Morgan fingerprint density at radius 1 is 1.04 bits per heavy atom. The van der Waals surface area contributed by atoms with E-state index in [2.05, 4.69) is 68.4 Å². The molecule has 1 aromatic carbocycles. The average Bonchev–Trinajstić information content (AvgIpc) is 2.58. The van der Waals surface area contributed by atoms with Crippen LogP contribution in [0.5, 0.6) is 0 Å². The maximum atomic E-state index is 4.14. The molecule has 1 heterocycles. The predicted octanol–water partition coefficient (Wildman–Crippen LogP) is 5.08. The van der Waals surface area contributed by atoms with Gasteiger partial charge in [-0.25, -0.2) is 0 Å². The van der Waals surface area contributed by atoms with E-state index in [4.69, 9.17) is 0 Å². The minimum absolute atomic E-state index is 1.05. The molecule has 0 bridgehead atoms. The van der Waals surface area contributed by atoms with Crippen LogP contribution in [0, 0.1) is 13.8 Å². The molecule has 2 heteroatoms. The third-order valence-corrected chi connectivity index (χ3v) is 5.65. The van der Waals surface area contributed by atoms with Gasteiger partial charge in [0.2, 0.25) is 0 Å². The smallest absolute Gasteiger partial charge is 0.0353 e. The van der Waals surface area contributed by atoms with Gasteiger partial charge in [0.15, 0.2) is 0 Å². The first kappa shape index (κ1) is 18.0. The second kappa shape index (κ2) is 7.61. The highest BCUT2D eigenvalue weighted by Crippen LogP contribution is 2.25. The van der Waals surface area contributed by atoms with Gasteiger partial charge in [-0.3, -0.25) is 4.90 Å². The molecule has 2 nitrogen and oxygen atoms in total. The van der Waals surface area contributed by atoms with Gasteiger partial charge < -0.3 is 4.90 Å². The minimum atomic E-state index is 1.05. The first-order chi connectivity index (χ1) is 12.0. The second-order valence-electron chi connectivity index (χ2n) is 7.74. The van der Waals surface area contributed by atoms with Crippen molar-refractivity contribution in [3.05, 3.63) is 64.4 Å². The molecule has 3 rings (SSSR count). The number of benzene rings is 1. The maximum Gasteiger partial charge on any atom is 0.0353 e. The van der Waals surface area contributed by atoms with Crippen LogP contribution in [0.2, 0.25) is 0 Å². The molecular formula is C23H32N2. The Hall–Kier alpha value is -1.80. The Morgan fingerprint density at radius 2 is 1.76 bits per heavy atom. The van der Waals surface area contributed by atoms with Crippen molar-refractivity contribution in [2.75, 3.05) is 26.2 Å². The standard InChI is InChI=1S/C23H32N2/c1-17(2)22-15-21(19(4)14-20(22)5)16-24-10-12-25(13-11-24)23-9-7-6-8-18(23)3/h7,9,14-15H,1,6,8,10-13,16H2,2-5H3. The normalized spacial score (nSPS) is 18.8. The lowest BCUT2D eigenvalue weighted by Crippen LogP contribution is -2.45. The summed E-state index contributed by atoms with van der Waals surface area (Å²) in [5.74, 6) is 0. The molecule has 1 fully saturated rings. The Bertz CT molecular complexity index is 716. The van der Waals surface area contributed by atoms with E-state index in [9.17, 15) is 0 Å². The van der Waals surface area contributed by atoms with Gasteiger partial charge in [-0.1, -0.05) is 24.3 Å². The van der Waals surface area contributed by atoms with Crippen molar-refractivity contribution in [2.45, 2.75) is 47.1 Å². The molecule has 0 atom stereocenters. The van der Waals surface area contributed by atoms with Gasteiger partial charge in [0.25, 0.3) is 0 Å². The molecule has 25 heavy (non-hydrogen) atoms. The van der Waals surface area contributed by atoms with E-state index in [1.165, 1.54) is 40.8 Å². The van der Waals surface area contributed by atoms with Crippen LogP contribution >= 0.6 is 0 Å². The van der Waals surface area contributed by atoms with Crippen LogP contribution < -0.4 is 0 Å². The quantitative estimate of drug-likeness (QED) is 0.756. The summed E-state index contributed by atoms with van der Waals surface area (Å²) in [6.45, 7) is 18.6. The largest absolute Gasteiger partial charge is 0.369 e. The zero-order chi connectivity index (χ0) is 18.0. The molecule has 0 saturated carbocycles. The maximum absolute atomic E-state index is 4.14. The van der Waals surface area contributed by atoms with Gasteiger partial charge in [0, 0.05) is 38.4 Å². The van der Waals surface area contributed by atoms with Crippen LogP contribution in [0.3, 0.4) is 0 Å². The number of aryl methyl sites for hydroxylation is 2. The number of nitrogens with zero attached hydrogens (tertiary/aromatic N) is 2. The van der Waals surface area contributed by atoms with Crippen molar-refractivity contribution in [3.63, 3.8) is 0 Å². The lowest BCUT2D eigenvalue weighted by Gasteiger charge is -2.38.